The Kier molecular flexibility index (Phi) is 5.31. The maximum Gasteiger partial charge on any atom is 0.355 e. The number of aromatic carboxylic acids is 1. The van der Waals surface area contributed by atoms with Crippen molar-refractivity contribution in [3.05, 3.63) is 40.3 Å². The molecule has 1 aromatic carbocycles. The van der Waals surface area contributed by atoms with E-state index in [2.05, 4.69) is 15.6 Å². The van der Waals surface area contributed by atoms with Crippen LogP contribution in [0.2, 0.25) is 0 Å². The number of carbonyl (C=O) groups is 2. The summed E-state index contributed by atoms with van der Waals surface area (Å²) >= 11 is 1.18. The second-order valence-corrected chi connectivity index (χ2v) is 5.14. The number of nitrogens with zero attached hydrogens (tertiary/aromatic N) is 1. The van der Waals surface area contributed by atoms with Crippen molar-refractivity contribution in [2.75, 3.05) is 11.9 Å². The summed E-state index contributed by atoms with van der Waals surface area (Å²) in [7, 11) is 0. The van der Waals surface area contributed by atoms with Crippen LogP contribution in [0.15, 0.2) is 29.6 Å². The number of thiazole rings is 1. The number of benzene rings is 1. The minimum atomic E-state index is -1.08. The van der Waals surface area contributed by atoms with Crippen molar-refractivity contribution in [2.45, 2.75) is 13.5 Å². The molecule has 0 radical (unpaired) electrons. The summed E-state index contributed by atoms with van der Waals surface area (Å²) in [5.41, 5.74) is 0.611. The fraction of sp³-hybridized carbons (Fsp3) is 0.214. The van der Waals surface area contributed by atoms with E-state index in [0.29, 0.717) is 17.3 Å². The number of ether oxygens (including phenoxy) is 1. The van der Waals surface area contributed by atoms with Crippen LogP contribution in [0, 0.1) is 0 Å². The molecule has 0 atom stereocenters. The van der Waals surface area contributed by atoms with Gasteiger partial charge in [-0.15, -0.1) is 11.3 Å². The van der Waals surface area contributed by atoms with Crippen LogP contribution in [0.5, 0.6) is 5.75 Å². The van der Waals surface area contributed by atoms with Gasteiger partial charge in [0.25, 0.3) is 0 Å². The Labute approximate surface area is 131 Å². The predicted molar refractivity (Wildman–Crippen MR) is 82.5 cm³/mol. The summed E-state index contributed by atoms with van der Waals surface area (Å²) in [6.07, 6.45) is 0. The van der Waals surface area contributed by atoms with Gasteiger partial charge in [0.1, 0.15) is 10.8 Å². The summed E-state index contributed by atoms with van der Waals surface area (Å²) in [5.74, 6) is -0.348. The van der Waals surface area contributed by atoms with Gasteiger partial charge < -0.3 is 20.5 Å². The number of hydrogen-bond donors (Lipinski definition) is 3. The zero-order valence-electron chi connectivity index (χ0n) is 11.8. The Bertz CT molecular complexity index is 654. The number of rotatable bonds is 6. The highest BCUT2D eigenvalue weighted by atomic mass is 32.1. The zero-order chi connectivity index (χ0) is 15.9. The molecule has 0 fully saturated rings. The Morgan fingerprint density at radius 1 is 1.32 bits per heavy atom. The molecule has 22 heavy (non-hydrogen) atoms. The van der Waals surface area contributed by atoms with Crippen LogP contribution < -0.4 is 15.4 Å². The maximum absolute atomic E-state index is 11.7. The molecule has 1 aromatic heterocycles. The van der Waals surface area contributed by atoms with Gasteiger partial charge in [-0.25, -0.2) is 14.6 Å². The number of nitrogens with one attached hydrogen (secondary N) is 2. The first-order valence-electron chi connectivity index (χ1n) is 6.54. The minimum Gasteiger partial charge on any atom is -0.494 e. The second-order valence-electron chi connectivity index (χ2n) is 4.20. The molecule has 116 valence electrons. The smallest absolute Gasteiger partial charge is 0.355 e. The second kappa shape index (κ2) is 7.41. The van der Waals surface area contributed by atoms with E-state index < -0.39 is 12.0 Å². The van der Waals surface area contributed by atoms with Crippen molar-refractivity contribution in [2.24, 2.45) is 0 Å². The maximum atomic E-state index is 11.7. The van der Waals surface area contributed by atoms with Crippen molar-refractivity contribution in [3.8, 4) is 5.75 Å². The van der Waals surface area contributed by atoms with Gasteiger partial charge in [0.2, 0.25) is 0 Å². The molecule has 0 saturated heterocycles. The number of aromatic nitrogens is 1. The van der Waals surface area contributed by atoms with E-state index in [9.17, 15) is 9.59 Å². The van der Waals surface area contributed by atoms with Gasteiger partial charge in [-0.1, -0.05) is 0 Å². The number of carboxylic acid groups (broad SMARTS) is 1. The minimum absolute atomic E-state index is 0.0197. The summed E-state index contributed by atoms with van der Waals surface area (Å²) in [6, 6.07) is 6.60. The molecular weight excluding hydrogens is 306 g/mol. The van der Waals surface area contributed by atoms with Gasteiger partial charge in [-0.2, -0.15) is 0 Å². The molecule has 0 spiro atoms. The molecule has 0 bridgehead atoms. The lowest BCUT2D eigenvalue weighted by Gasteiger charge is -2.07. The monoisotopic (exact) mass is 321 g/mol. The van der Waals surface area contributed by atoms with Gasteiger partial charge >= 0.3 is 12.0 Å². The van der Waals surface area contributed by atoms with Crippen LogP contribution in [-0.4, -0.2) is 28.7 Å². The largest absolute Gasteiger partial charge is 0.494 e. The van der Waals surface area contributed by atoms with Crippen LogP contribution in [-0.2, 0) is 6.54 Å². The molecule has 0 aliphatic carbocycles. The first kappa shape index (κ1) is 15.8. The van der Waals surface area contributed by atoms with Gasteiger partial charge in [0.15, 0.2) is 5.69 Å². The highest BCUT2D eigenvalue weighted by Crippen LogP contribution is 2.15. The molecule has 3 N–H and O–H groups in total. The molecule has 2 aromatic rings. The van der Waals surface area contributed by atoms with E-state index in [1.54, 1.807) is 24.3 Å². The van der Waals surface area contributed by atoms with Crippen LogP contribution in [0.1, 0.15) is 22.4 Å². The zero-order valence-corrected chi connectivity index (χ0v) is 12.6. The van der Waals surface area contributed by atoms with Gasteiger partial charge in [-0.05, 0) is 31.2 Å². The number of urea groups is 1. The van der Waals surface area contributed by atoms with E-state index in [4.69, 9.17) is 9.84 Å². The Morgan fingerprint density at radius 2 is 2.05 bits per heavy atom. The summed E-state index contributed by atoms with van der Waals surface area (Å²) in [4.78, 5) is 26.3. The molecular formula is C14H15N3O4S. The number of anilines is 1. The van der Waals surface area contributed by atoms with E-state index >= 15 is 0 Å². The molecule has 0 saturated carbocycles. The van der Waals surface area contributed by atoms with Gasteiger partial charge in [0.05, 0.1) is 13.2 Å². The number of hydrogen-bond acceptors (Lipinski definition) is 5. The Morgan fingerprint density at radius 3 is 2.64 bits per heavy atom. The van der Waals surface area contributed by atoms with Crippen molar-refractivity contribution < 1.29 is 19.4 Å². The SMILES string of the molecule is CCOc1ccc(NC(=O)NCc2nc(C(=O)O)cs2)cc1. The van der Waals surface area contributed by atoms with E-state index in [1.165, 1.54) is 16.7 Å². The van der Waals surface area contributed by atoms with Crippen LogP contribution in [0.25, 0.3) is 0 Å². The van der Waals surface area contributed by atoms with Gasteiger partial charge in [-0.3, -0.25) is 0 Å². The number of amides is 2. The van der Waals surface area contributed by atoms with Gasteiger partial charge in [0, 0.05) is 11.1 Å². The quantitative estimate of drug-likeness (QED) is 0.759. The topological polar surface area (TPSA) is 101 Å². The molecule has 0 aliphatic heterocycles. The van der Waals surface area contributed by atoms with Crippen LogP contribution in [0.4, 0.5) is 10.5 Å². The van der Waals surface area contributed by atoms with Crippen LogP contribution >= 0.6 is 11.3 Å². The van der Waals surface area contributed by atoms with E-state index in [0.717, 1.165) is 5.75 Å². The highest BCUT2D eigenvalue weighted by molar-refractivity contribution is 7.09. The third kappa shape index (κ3) is 4.45. The summed E-state index contributed by atoms with van der Waals surface area (Å²) < 4.78 is 5.31. The molecule has 8 heteroatoms. The standard InChI is InChI=1S/C14H15N3O4S/c1-2-21-10-5-3-9(4-6-10)16-14(20)15-7-12-17-11(8-22-12)13(18)19/h3-6,8H,2,7H2,1H3,(H,18,19)(H2,15,16,20). The molecule has 0 unspecified atom stereocenters. The third-order valence-corrected chi connectivity index (χ3v) is 3.44. The van der Waals surface area contributed by atoms with Crippen LogP contribution in [0.3, 0.4) is 0 Å². The Balaban J connectivity index is 1.83. The highest BCUT2D eigenvalue weighted by Gasteiger charge is 2.09. The van der Waals surface area contributed by atoms with E-state index in [-0.39, 0.29) is 12.2 Å². The lowest BCUT2D eigenvalue weighted by Crippen LogP contribution is -2.28. The molecule has 0 aliphatic rings. The predicted octanol–water partition coefficient (Wildman–Crippen LogP) is 2.56. The summed E-state index contributed by atoms with van der Waals surface area (Å²) in [5, 5.41) is 16.0. The first-order chi connectivity index (χ1) is 10.6. The molecule has 7 nitrogen and oxygen atoms in total. The number of carbonyl (C=O) groups excluding carboxylic acids is 1. The lowest BCUT2D eigenvalue weighted by molar-refractivity contribution is 0.0691. The van der Waals surface area contributed by atoms with E-state index in [1.807, 2.05) is 6.92 Å². The first-order valence-corrected chi connectivity index (χ1v) is 7.42. The average Bonchev–Trinajstić information content (AvgIpc) is 2.97. The van der Waals surface area contributed by atoms with Crippen molar-refractivity contribution >= 4 is 29.0 Å². The van der Waals surface area contributed by atoms with Crippen molar-refractivity contribution in [3.63, 3.8) is 0 Å². The fourth-order valence-corrected chi connectivity index (χ4v) is 2.33. The van der Waals surface area contributed by atoms with Crippen molar-refractivity contribution in [1.29, 1.82) is 0 Å². The Hall–Kier alpha value is -2.61. The normalized spacial score (nSPS) is 10.0. The number of carboxylic acids is 1. The average molecular weight is 321 g/mol. The third-order valence-electron chi connectivity index (χ3n) is 2.59. The molecule has 2 rings (SSSR count). The summed E-state index contributed by atoms with van der Waals surface area (Å²) in [6.45, 7) is 2.65. The molecule has 2 amide bonds. The fourth-order valence-electron chi connectivity index (χ4n) is 1.62. The molecule has 1 heterocycles. The lowest BCUT2D eigenvalue weighted by atomic mass is 10.3. The van der Waals surface area contributed by atoms with Crippen molar-refractivity contribution in [1.82, 2.24) is 10.3 Å².